The fraction of sp³-hybridized carbons (Fsp3) is 0.591. The first-order chi connectivity index (χ1) is 27.4. The number of fused-ring (bicyclic) bond motifs is 2. The Balaban J connectivity index is 1.48. The molecule has 2 amide bonds. The fourth-order valence-electron chi connectivity index (χ4n) is 8.30. The molecule has 0 aliphatic carbocycles. The number of carbonyl (C=O) groups is 2. The molecule has 2 aromatic rings. The monoisotopic (exact) mass is 864 g/mol. The summed E-state index contributed by atoms with van der Waals surface area (Å²) < 4.78 is 1.18. The van der Waals surface area contributed by atoms with Crippen molar-refractivity contribution in [1.29, 1.82) is 0 Å². The summed E-state index contributed by atoms with van der Waals surface area (Å²) in [6, 6.07) is 7.97. The number of nitrogens with two attached hydrogens (primary N) is 1. The highest BCUT2D eigenvalue weighted by atomic mass is 35.5. The van der Waals surface area contributed by atoms with Gasteiger partial charge in [-0.15, -0.1) is 0 Å². The van der Waals surface area contributed by atoms with Gasteiger partial charge in [-0.1, -0.05) is 65.3 Å². The van der Waals surface area contributed by atoms with Gasteiger partial charge < -0.3 is 35.1 Å². The van der Waals surface area contributed by atoms with E-state index in [2.05, 4.69) is 77.8 Å². The summed E-state index contributed by atoms with van der Waals surface area (Å²) >= 11 is 26.4. The second-order valence-corrected chi connectivity index (χ2v) is 16.8. The van der Waals surface area contributed by atoms with E-state index in [1.165, 1.54) is 43.5 Å². The minimum Gasteiger partial charge on any atom is -0.370 e. The number of primary amides is 1. The van der Waals surface area contributed by atoms with Gasteiger partial charge in [0.1, 0.15) is 12.0 Å². The minimum absolute atomic E-state index is 0.0421. The van der Waals surface area contributed by atoms with Crippen molar-refractivity contribution >= 4 is 81.0 Å². The maximum Gasteiger partial charge on any atom is 0.219 e. The number of nitrogens with one attached hydrogen (secondary N) is 1. The predicted octanol–water partition coefficient (Wildman–Crippen LogP) is 10.8. The summed E-state index contributed by atoms with van der Waals surface area (Å²) in [6.45, 7) is 19.9. The number of carbonyl (C=O) groups excluding carboxylic acids is 2. The largest absolute Gasteiger partial charge is 0.370 e. The van der Waals surface area contributed by atoms with Crippen LogP contribution in [0.4, 0.5) is 22.7 Å². The quantitative estimate of drug-likeness (QED) is 0.0764. The van der Waals surface area contributed by atoms with Crippen molar-refractivity contribution in [2.45, 2.75) is 111 Å². The second-order valence-electron chi connectivity index (χ2n) is 15.2. The van der Waals surface area contributed by atoms with Gasteiger partial charge in [0, 0.05) is 45.6 Å². The number of halogens is 4. The number of likely N-dealkylation sites (N-methyl/N-ethyl adjacent to an activating group) is 1. The van der Waals surface area contributed by atoms with Crippen molar-refractivity contribution in [3.05, 3.63) is 68.4 Å². The standard InChI is InChI=1S/C44H65Cl4N7O2/c1-6-51-37-29-33(45)35(47)31-39(37)53(26-17-12-15-22-42(57)50-25-16-11-14-21-41(49)56)43(51)23-20-24-44-52(7-2)38-30-34(46)36(48)32-40(38)54(44)27-18-13-19-28-55(8-3,9-4)10-5/h20,23-24,29-32,43H,6-19,21-22,25-28H2,1-5H3,(H2-,49,50,56,57)/p+1/b23-20-,44-24-. The average Bonchev–Trinajstić information content (AvgIpc) is 3.63. The Kier molecular flexibility index (Phi) is 19.0. The highest BCUT2D eigenvalue weighted by molar-refractivity contribution is 6.43. The van der Waals surface area contributed by atoms with Gasteiger partial charge in [-0.05, 0) is 116 Å². The molecule has 0 saturated carbocycles. The molecule has 13 heteroatoms. The zero-order valence-corrected chi connectivity index (χ0v) is 37.9. The van der Waals surface area contributed by atoms with Gasteiger partial charge in [0.05, 0.1) is 69.0 Å². The Bertz CT molecular complexity index is 1690. The van der Waals surface area contributed by atoms with Crippen LogP contribution in [0.25, 0.3) is 0 Å². The third kappa shape index (κ3) is 12.4. The number of unbranched alkanes of at least 4 members (excludes halogenated alkanes) is 6. The molecule has 2 aliphatic heterocycles. The van der Waals surface area contributed by atoms with Crippen LogP contribution < -0.4 is 30.7 Å². The molecule has 2 aromatic carbocycles. The van der Waals surface area contributed by atoms with E-state index < -0.39 is 0 Å². The van der Waals surface area contributed by atoms with E-state index in [1.807, 2.05) is 24.3 Å². The molecule has 0 spiro atoms. The number of hydrogen-bond acceptors (Lipinski definition) is 6. The maximum atomic E-state index is 12.5. The number of quaternary nitrogens is 1. The fourth-order valence-corrected chi connectivity index (χ4v) is 8.93. The number of anilines is 4. The normalized spacial score (nSPS) is 16.0. The lowest BCUT2D eigenvalue weighted by Crippen LogP contribution is -2.48. The molecule has 57 heavy (non-hydrogen) atoms. The molecule has 2 aliphatic rings. The van der Waals surface area contributed by atoms with Crippen molar-refractivity contribution in [3.63, 3.8) is 0 Å². The molecule has 316 valence electrons. The van der Waals surface area contributed by atoms with Crippen molar-refractivity contribution < 1.29 is 14.1 Å². The van der Waals surface area contributed by atoms with E-state index in [4.69, 9.17) is 52.1 Å². The third-order valence-corrected chi connectivity index (χ3v) is 13.3. The number of hydrogen-bond donors (Lipinski definition) is 2. The molecule has 0 bridgehead atoms. The third-order valence-electron chi connectivity index (χ3n) is 11.9. The van der Waals surface area contributed by atoms with Gasteiger partial charge in [-0.25, -0.2) is 0 Å². The summed E-state index contributed by atoms with van der Waals surface area (Å²) in [5.74, 6) is 0.910. The topological polar surface area (TPSA) is 85.1 Å². The van der Waals surface area contributed by atoms with Gasteiger partial charge in [0.15, 0.2) is 0 Å². The summed E-state index contributed by atoms with van der Waals surface area (Å²) in [5, 5.41) is 5.21. The summed E-state index contributed by atoms with van der Waals surface area (Å²) in [4.78, 5) is 32.9. The van der Waals surface area contributed by atoms with Crippen LogP contribution in [0.2, 0.25) is 20.1 Å². The molecular formula is C44H66Cl4N7O2+. The SMILES string of the molecule is CCN1/C(=C/C=C\C2N(CC)c3cc(Cl)c(Cl)cc3N2CCCCCC(=O)NCCCCCC(N)=O)N(CCCCC[N+](CC)(CC)CC)c2cc(Cl)c(Cl)cc21. The molecule has 0 aromatic heterocycles. The number of nitrogens with zero attached hydrogens (tertiary/aromatic N) is 5. The van der Waals surface area contributed by atoms with Crippen LogP contribution in [0.15, 0.2) is 48.3 Å². The maximum absolute atomic E-state index is 12.5. The highest BCUT2D eigenvalue weighted by Crippen LogP contribution is 2.47. The molecule has 2 heterocycles. The minimum atomic E-state index is -0.277. The van der Waals surface area contributed by atoms with E-state index in [0.29, 0.717) is 39.5 Å². The first kappa shape index (κ1) is 46.9. The Morgan fingerprint density at radius 3 is 1.81 bits per heavy atom. The predicted molar refractivity (Wildman–Crippen MR) is 244 cm³/mol. The Morgan fingerprint density at radius 1 is 0.667 bits per heavy atom. The van der Waals surface area contributed by atoms with E-state index in [-0.39, 0.29) is 18.0 Å². The van der Waals surface area contributed by atoms with Crippen LogP contribution in [0.5, 0.6) is 0 Å². The lowest BCUT2D eigenvalue weighted by molar-refractivity contribution is -0.923. The molecule has 0 fully saturated rings. The number of amides is 2. The van der Waals surface area contributed by atoms with Crippen LogP contribution in [0.1, 0.15) is 105 Å². The Hall–Kier alpha value is -2.82. The van der Waals surface area contributed by atoms with E-state index >= 15 is 0 Å². The zero-order valence-electron chi connectivity index (χ0n) is 34.9. The number of benzene rings is 2. The first-order valence-electron chi connectivity index (χ1n) is 21.3. The van der Waals surface area contributed by atoms with E-state index in [0.717, 1.165) is 99.7 Å². The van der Waals surface area contributed by atoms with Crippen molar-refractivity contribution in [2.75, 3.05) is 78.5 Å². The van der Waals surface area contributed by atoms with Gasteiger partial charge >= 0.3 is 0 Å². The molecule has 9 nitrogen and oxygen atoms in total. The molecule has 4 rings (SSSR count). The molecule has 1 unspecified atom stereocenters. The van der Waals surface area contributed by atoms with Gasteiger partial charge in [-0.2, -0.15) is 0 Å². The van der Waals surface area contributed by atoms with Crippen LogP contribution in [0.3, 0.4) is 0 Å². The lowest BCUT2D eigenvalue weighted by atomic mass is 10.1. The molecular weight excluding hydrogens is 800 g/mol. The lowest BCUT2D eigenvalue weighted by Gasteiger charge is -2.36. The molecule has 1 atom stereocenters. The molecule has 0 saturated heterocycles. The van der Waals surface area contributed by atoms with Crippen molar-refractivity contribution in [2.24, 2.45) is 5.73 Å². The van der Waals surface area contributed by atoms with Gasteiger partial charge in [-0.3, -0.25) is 9.59 Å². The second kappa shape index (κ2) is 23.1. The zero-order chi connectivity index (χ0) is 41.5. The summed E-state index contributed by atoms with van der Waals surface area (Å²) in [7, 11) is 0. The number of allylic oxidation sites excluding steroid dienone is 2. The van der Waals surface area contributed by atoms with E-state index in [9.17, 15) is 9.59 Å². The smallest absolute Gasteiger partial charge is 0.219 e. The first-order valence-corrected chi connectivity index (χ1v) is 22.8. The van der Waals surface area contributed by atoms with Crippen LogP contribution >= 0.6 is 46.4 Å². The van der Waals surface area contributed by atoms with Crippen molar-refractivity contribution in [3.8, 4) is 0 Å². The Morgan fingerprint density at radius 2 is 1.21 bits per heavy atom. The summed E-state index contributed by atoms with van der Waals surface area (Å²) in [6.07, 6.45) is 16.1. The highest BCUT2D eigenvalue weighted by Gasteiger charge is 2.35. The van der Waals surface area contributed by atoms with Gasteiger partial charge in [0.2, 0.25) is 11.8 Å². The van der Waals surface area contributed by atoms with Crippen LogP contribution in [-0.4, -0.2) is 81.4 Å². The van der Waals surface area contributed by atoms with Crippen LogP contribution in [0, 0.1) is 0 Å². The molecule has 3 N–H and O–H groups in total. The Labute approximate surface area is 362 Å². The molecule has 0 radical (unpaired) electrons. The summed E-state index contributed by atoms with van der Waals surface area (Å²) in [5.41, 5.74) is 9.51. The number of rotatable bonds is 25. The van der Waals surface area contributed by atoms with Gasteiger partial charge in [0.25, 0.3) is 0 Å². The van der Waals surface area contributed by atoms with Crippen molar-refractivity contribution in [1.82, 2.24) is 5.32 Å². The van der Waals surface area contributed by atoms with E-state index in [1.54, 1.807) is 0 Å². The average molecular weight is 867 g/mol. The van der Waals surface area contributed by atoms with Crippen LogP contribution in [-0.2, 0) is 9.59 Å².